The number of likely N-dealkylation sites (N-methyl/N-ethyl adjacent to an activating group) is 1. The van der Waals surface area contributed by atoms with Gasteiger partial charge in [0.2, 0.25) is 5.91 Å². The van der Waals surface area contributed by atoms with E-state index in [0.29, 0.717) is 0 Å². The second-order valence-electron chi connectivity index (χ2n) is 4.57. The molecule has 0 aromatic carbocycles. The Morgan fingerprint density at radius 1 is 1.44 bits per heavy atom. The fraction of sp³-hybridized carbons (Fsp3) is 0.917. The highest BCUT2D eigenvalue weighted by Gasteiger charge is 2.22. The monoisotopic (exact) mass is 227 g/mol. The summed E-state index contributed by atoms with van der Waals surface area (Å²) in [4.78, 5) is 13.9. The zero-order valence-electron chi connectivity index (χ0n) is 10.6. The standard InChI is InChI=1S/C12H25N3O/c1-13-8-6-10-15(2)12(16)11-7-4-3-5-9-14-11/h11,13-14H,3-10H2,1-2H3. The van der Waals surface area contributed by atoms with E-state index in [1.54, 1.807) is 0 Å². The molecule has 1 saturated heterocycles. The first-order valence-corrected chi connectivity index (χ1v) is 6.38. The molecule has 94 valence electrons. The molecule has 2 N–H and O–H groups in total. The molecule has 0 aliphatic carbocycles. The van der Waals surface area contributed by atoms with Crippen molar-refractivity contribution in [3.05, 3.63) is 0 Å². The van der Waals surface area contributed by atoms with Gasteiger partial charge in [0.25, 0.3) is 0 Å². The Balaban J connectivity index is 2.30. The summed E-state index contributed by atoms with van der Waals surface area (Å²) in [6.07, 6.45) is 5.64. The summed E-state index contributed by atoms with van der Waals surface area (Å²) in [5, 5.41) is 6.44. The Morgan fingerprint density at radius 2 is 2.25 bits per heavy atom. The largest absolute Gasteiger partial charge is 0.344 e. The van der Waals surface area contributed by atoms with Gasteiger partial charge in [-0.3, -0.25) is 4.79 Å². The van der Waals surface area contributed by atoms with Gasteiger partial charge < -0.3 is 15.5 Å². The maximum absolute atomic E-state index is 12.1. The van der Waals surface area contributed by atoms with E-state index in [4.69, 9.17) is 0 Å². The summed E-state index contributed by atoms with van der Waals surface area (Å²) in [6.45, 7) is 2.80. The Bertz CT molecular complexity index is 200. The van der Waals surface area contributed by atoms with E-state index < -0.39 is 0 Å². The van der Waals surface area contributed by atoms with Gasteiger partial charge in [-0.2, -0.15) is 0 Å². The van der Waals surface area contributed by atoms with Gasteiger partial charge in [0, 0.05) is 13.6 Å². The van der Waals surface area contributed by atoms with E-state index in [2.05, 4.69) is 10.6 Å². The highest BCUT2D eigenvalue weighted by molar-refractivity contribution is 5.81. The van der Waals surface area contributed by atoms with E-state index >= 15 is 0 Å². The van der Waals surface area contributed by atoms with Gasteiger partial charge in [0.05, 0.1) is 6.04 Å². The molecule has 1 aliphatic heterocycles. The Labute approximate surface area is 98.8 Å². The van der Waals surface area contributed by atoms with Crippen LogP contribution in [0.1, 0.15) is 32.1 Å². The first-order valence-electron chi connectivity index (χ1n) is 6.38. The number of amides is 1. The second-order valence-corrected chi connectivity index (χ2v) is 4.57. The second kappa shape index (κ2) is 7.63. The molecule has 4 nitrogen and oxygen atoms in total. The highest BCUT2D eigenvalue weighted by atomic mass is 16.2. The molecule has 0 aromatic heterocycles. The third-order valence-electron chi connectivity index (χ3n) is 3.15. The molecule has 0 bridgehead atoms. The van der Waals surface area contributed by atoms with Gasteiger partial charge in [-0.15, -0.1) is 0 Å². The summed E-state index contributed by atoms with van der Waals surface area (Å²) in [6, 6.07) is 0.0575. The molecule has 1 atom stereocenters. The molecular formula is C12H25N3O. The third-order valence-corrected chi connectivity index (χ3v) is 3.15. The average molecular weight is 227 g/mol. The van der Waals surface area contributed by atoms with Crippen molar-refractivity contribution < 1.29 is 4.79 Å². The summed E-state index contributed by atoms with van der Waals surface area (Å²) >= 11 is 0. The van der Waals surface area contributed by atoms with E-state index in [1.165, 1.54) is 19.3 Å². The number of hydrogen-bond donors (Lipinski definition) is 2. The zero-order valence-corrected chi connectivity index (χ0v) is 10.6. The molecular weight excluding hydrogens is 202 g/mol. The molecule has 0 radical (unpaired) electrons. The van der Waals surface area contributed by atoms with Crippen LogP contribution in [-0.2, 0) is 4.79 Å². The SMILES string of the molecule is CNCCCN(C)C(=O)C1CCCCCN1. The molecule has 1 amide bonds. The third kappa shape index (κ3) is 4.49. The topological polar surface area (TPSA) is 44.4 Å². The van der Waals surface area contributed by atoms with E-state index in [0.717, 1.165) is 32.5 Å². The van der Waals surface area contributed by atoms with Crippen LogP contribution in [0, 0.1) is 0 Å². The number of carbonyl (C=O) groups is 1. The number of rotatable bonds is 5. The van der Waals surface area contributed by atoms with Gasteiger partial charge in [0.1, 0.15) is 0 Å². The molecule has 0 saturated carbocycles. The van der Waals surface area contributed by atoms with Crippen LogP contribution in [0.25, 0.3) is 0 Å². The molecule has 1 unspecified atom stereocenters. The van der Waals surface area contributed by atoms with Gasteiger partial charge in [-0.25, -0.2) is 0 Å². The van der Waals surface area contributed by atoms with Crippen molar-refractivity contribution in [2.75, 3.05) is 33.7 Å². The Morgan fingerprint density at radius 3 is 3.00 bits per heavy atom. The smallest absolute Gasteiger partial charge is 0.239 e. The zero-order chi connectivity index (χ0) is 11.8. The van der Waals surface area contributed by atoms with Crippen LogP contribution >= 0.6 is 0 Å². The van der Waals surface area contributed by atoms with Gasteiger partial charge in [-0.1, -0.05) is 12.8 Å². The molecule has 4 heteroatoms. The molecule has 16 heavy (non-hydrogen) atoms. The summed E-state index contributed by atoms with van der Waals surface area (Å²) in [5.41, 5.74) is 0. The minimum atomic E-state index is 0.0575. The first kappa shape index (κ1) is 13.5. The van der Waals surface area contributed by atoms with Crippen LogP contribution in [0.15, 0.2) is 0 Å². The predicted octanol–water partition coefficient (Wildman–Crippen LogP) is 0.587. The Kier molecular flexibility index (Phi) is 6.42. The van der Waals surface area contributed by atoms with Crippen LogP contribution in [0.3, 0.4) is 0 Å². The molecule has 1 fully saturated rings. The van der Waals surface area contributed by atoms with E-state index in [-0.39, 0.29) is 11.9 Å². The number of nitrogens with one attached hydrogen (secondary N) is 2. The molecule has 1 heterocycles. The molecule has 1 aliphatic rings. The number of nitrogens with zero attached hydrogens (tertiary/aromatic N) is 1. The van der Waals surface area contributed by atoms with Crippen LogP contribution in [-0.4, -0.2) is 50.6 Å². The maximum atomic E-state index is 12.1. The lowest BCUT2D eigenvalue weighted by atomic mass is 10.1. The van der Waals surface area contributed by atoms with Crippen LogP contribution in [0.5, 0.6) is 0 Å². The lowest BCUT2D eigenvalue weighted by molar-refractivity contribution is -0.132. The summed E-state index contributed by atoms with van der Waals surface area (Å²) in [7, 11) is 3.85. The van der Waals surface area contributed by atoms with Crippen LogP contribution in [0.2, 0.25) is 0 Å². The van der Waals surface area contributed by atoms with Crippen molar-refractivity contribution in [1.82, 2.24) is 15.5 Å². The average Bonchev–Trinajstić information content (AvgIpc) is 2.56. The van der Waals surface area contributed by atoms with Crippen LogP contribution in [0.4, 0.5) is 0 Å². The highest BCUT2D eigenvalue weighted by Crippen LogP contribution is 2.10. The molecule has 0 spiro atoms. The maximum Gasteiger partial charge on any atom is 0.239 e. The fourth-order valence-electron chi connectivity index (χ4n) is 2.11. The minimum absolute atomic E-state index is 0.0575. The Hall–Kier alpha value is -0.610. The number of hydrogen-bond acceptors (Lipinski definition) is 3. The van der Waals surface area contributed by atoms with Crippen molar-refractivity contribution >= 4 is 5.91 Å². The fourth-order valence-corrected chi connectivity index (χ4v) is 2.11. The van der Waals surface area contributed by atoms with Crippen molar-refractivity contribution in [1.29, 1.82) is 0 Å². The summed E-state index contributed by atoms with van der Waals surface area (Å²) in [5.74, 6) is 0.262. The lowest BCUT2D eigenvalue weighted by Gasteiger charge is -2.23. The van der Waals surface area contributed by atoms with Crippen LogP contribution < -0.4 is 10.6 Å². The van der Waals surface area contributed by atoms with Crippen molar-refractivity contribution in [2.24, 2.45) is 0 Å². The molecule has 0 aromatic rings. The van der Waals surface area contributed by atoms with Gasteiger partial charge in [0.15, 0.2) is 0 Å². The number of carbonyl (C=O) groups excluding carboxylic acids is 1. The van der Waals surface area contributed by atoms with Crippen molar-refractivity contribution in [2.45, 2.75) is 38.1 Å². The van der Waals surface area contributed by atoms with Crippen molar-refractivity contribution in [3.8, 4) is 0 Å². The molecule has 1 rings (SSSR count). The van der Waals surface area contributed by atoms with Gasteiger partial charge in [-0.05, 0) is 39.4 Å². The first-order chi connectivity index (χ1) is 7.75. The summed E-state index contributed by atoms with van der Waals surface area (Å²) < 4.78 is 0. The normalized spacial score (nSPS) is 21.5. The van der Waals surface area contributed by atoms with Gasteiger partial charge >= 0.3 is 0 Å². The minimum Gasteiger partial charge on any atom is -0.344 e. The van der Waals surface area contributed by atoms with E-state index in [9.17, 15) is 4.79 Å². The van der Waals surface area contributed by atoms with Crippen molar-refractivity contribution in [3.63, 3.8) is 0 Å². The lowest BCUT2D eigenvalue weighted by Crippen LogP contribution is -2.45. The van der Waals surface area contributed by atoms with E-state index in [1.807, 2.05) is 19.0 Å². The quantitative estimate of drug-likeness (QED) is 0.676. The predicted molar refractivity (Wildman–Crippen MR) is 66.4 cm³/mol.